The molecular formula is C21H25NO5. The first-order valence-electron chi connectivity index (χ1n) is 9.31. The van der Waals surface area contributed by atoms with Gasteiger partial charge in [0.2, 0.25) is 0 Å². The van der Waals surface area contributed by atoms with Gasteiger partial charge in [-0.05, 0) is 44.4 Å². The maximum Gasteiger partial charge on any atom is 0.343 e. The molecule has 6 heteroatoms. The number of aromatic nitrogens is 1. The predicted octanol–water partition coefficient (Wildman–Crippen LogP) is 3.61. The molecule has 1 aromatic carbocycles. The molecular weight excluding hydrogens is 346 g/mol. The summed E-state index contributed by atoms with van der Waals surface area (Å²) in [4.78, 5) is 24.7. The van der Waals surface area contributed by atoms with Crippen LogP contribution in [0.2, 0.25) is 0 Å². The van der Waals surface area contributed by atoms with E-state index in [4.69, 9.17) is 14.2 Å². The van der Waals surface area contributed by atoms with Crippen LogP contribution >= 0.6 is 0 Å². The van der Waals surface area contributed by atoms with Crippen LogP contribution in [-0.2, 0) is 11.2 Å². The van der Waals surface area contributed by atoms with Gasteiger partial charge in [-0.2, -0.15) is 0 Å². The van der Waals surface area contributed by atoms with E-state index < -0.39 is 5.97 Å². The molecule has 0 fully saturated rings. The number of fused-ring (bicyclic) bond motifs is 3. The molecule has 27 heavy (non-hydrogen) atoms. The Morgan fingerprint density at radius 3 is 2.56 bits per heavy atom. The molecule has 2 aromatic rings. The van der Waals surface area contributed by atoms with Crippen molar-refractivity contribution < 1.29 is 19.0 Å². The minimum absolute atomic E-state index is 0.0698. The quantitative estimate of drug-likeness (QED) is 0.726. The molecule has 0 saturated carbocycles. The standard InChI is InChI=1S/C21H25NO5/c1-5-14-8-13-9-20(26-6-2)19(25-4)10-15(13)17-11-18(23)16(12-22(14)17)21(24)27-7-3/h9-12,14H,5-8H2,1-4H3. The number of carbonyl (C=O) groups excluding carboxylic acids is 1. The average Bonchev–Trinajstić information content (AvgIpc) is 2.66. The normalized spacial score (nSPS) is 14.9. The summed E-state index contributed by atoms with van der Waals surface area (Å²) in [5.74, 6) is 0.745. The first kappa shape index (κ1) is 19.0. The van der Waals surface area contributed by atoms with Crippen LogP contribution < -0.4 is 14.9 Å². The van der Waals surface area contributed by atoms with Crippen LogP contribution in [0, 0.1) is 0 Å². The molecule has 144 valence electrons. The topological polar surface area (TPSA) is 66.8 Å². The molecule has 0 amide bonds. The van der Waals surface area contributed by atoms with Crippen LogP contribution in [0.3, 0.4) is 0 Å². The summed E-state index contributed by atoms with van der Waals surface area (Å²) in [5.41, 5.74) is 2.54. The number of hydrogen-bond donors (Lipinski definition) is 0. The van der Waals surface area contributed by atoms with Gasteiger partial charge in [0.25, 0.3) is 0 Å². The van der Waals surface area contributed by atoms with Crippen LogP contribution in [0.4, 0.5) is 0 Å². The SMILES string of the molecule is CCOC(=O)c1cn2c(cc1=O)-c1cc(OC)c(OCC)cc1CC2CC. The number of pyridine rings is 1. The molecule has 0 spiro atoms. The molecule has 0 radical (unpaired) electrons. The monoisotopic (exact) mass is 371 g/mol. The highest BCUT2D eigenvalue weighted by molar-refractivity contribution is 5.89. The van der Waals surface area contributed by atoms with Crippen molar-refractivity contribution in [2.24, 2.45) is 0 Å². The highest BCUT2D eigenvalue weighted by Crippen LogP contribution is 2.41. The van der Waals surface area contributed by atoms with Gasteiger partial charge in [0.15, 0.2) is 16.9 Å². The van der Waals surface area contributed by atoms with Gasteiger partial charge in [-0.1, -0.05) is 6.92 Å². The second kappa shape index (κ2) is 7.86. The third-order valence-electron chi connectivity index (χ3n) is 4.86. The largest absolute Gasteiger partial charge is 0.493 e. The molecule has 1 atom stereocenters. The van der Waals surface area contributed by atoms with Gasteiger partial charge in [-0.15, -0.1) is 0 Å². The zero-order valence-electron chi connectivity index (χ0n) is 16.2. The number of carbonyl (C=O) groups is 1. The first-order chi connectivity index (χ1) is 13.0. The third kappa shape index (κ3) is 3.44. The van der Waals surface area contributed by atoms with Crippen LogP contribution in [0.25, 0.3) is 11.3 Å². The van der Waals surface area contributed by atoms with Crippen LogP contribution in [0.5, 0.6) is 11.5 Å². The lowest BCUT2D eigenvalue weighted by atomic mass is 9.90. The summed E-state index contributed by atoms with van der Waals surface area (Å²) >= 11 is 0. The van der Waals surface area contributed by atoms with Crippen molar-refractivity contribution in [3.63, 3.8) is 0 Å². The first-order valence-corrected chi connectivity index (χ1v) is 9.31. The zero-order chi connectivity index (χ0) is 19.6. The fourth-order valence-electron chi connectivity index (χ4n) is 3.56. The van der Waals surface area contributed by atoms with E-state index in [0.29, 0.717) is 18.1 Å². The Morgan fingerprint density at radius 1 is 1.15 bits per heavy atom. The zero-order valence-corrected chi connectivity index (χ0v) is 16.2. The molecule has 0 saturated heterocycles. The van der Waals surface area contributed by atoms with Crippen LogP contribution in [0.15, 0.2) is 29.2 Å². The number of methoxy groups -OCH3 is 1. The predicted molar refractivity (Wildman–Crippen MR) is 103 cm³/mol. The summed E-state index contributed by atoms with van der Waals surface area (Å²) < 4.78 is 18.2. The van der Waals surface area contributed by atoms with E-state index in [-0.39, 0.29) is 23.6 Å². The van der Waals surface area contributed by atoms with E-state index in [1.54, 1.807) is 20.2 Å². The number of esters is 1. The summed E-state index contributed by atoms with van der Waals surface area (Å²) in [6, 6.07) is 5.56. The van der Waals surface area contributed by atoms with E-state index in [0.717, 1.165) is 29.7 Å². The van der Waals surface area contributed by atoms with E-state index in [1.165, 1.54) is 6.07 Å². The molecule has 1 aliphatic rings. The van der Waals surface area contributed by atoms with E-state index in [9.17, 15) is 9.59 Å². The Labute approximate surface area is 158 Å². The molecule has 2 heterocycles. The average molecular weight is 371 g/mol. The van der Waals surface area contributed by atoms with Crippen molar-refractivity contribution in [3.8, 4) is 22.8 Å². The van der Waals surface area contributed by atoms with E-state index >= 15 is 0 Å². The Hall–Kier alpha value is -2.76. The van der Waals surface area contributed by atoms with Gasteiger partial charge >= 0.3 is 5.97 Å². The third-order valence-corrected chi connectivity index (χ3v) is 4.86. The van der Waals surface area contributed by atoms with Crippen molar-refractivity contribution in [2.75, 3.05) is 20.3 Å². The molecule has 1 unspecified atom stereocenters. The van der Waals surface area contributed by atoms with Crippen molar-refractivity contribution in [3.05, 3.63) is 45.7 Å². The van der Waals surface area contributed by atoms with Crippen molar-refractivity contribution in [2.45, 2.75) is 39.7 Å². The highest BCUT2D eigenvalue weighted by Gasteiger charge is 2.27. The van der Waals surface area contributed by atoms with Crippen molar-refractivity contribution in [1.82, 2.24) is 4.57 Å². The molecule has 6 nitrogen and oxygen atoms in total. The summed E-state index contributed by atoms with van der Waals surface area (Å²) in [5, 5.41) is 0. The smallest absolute Gasteiger partial charge is 0.343 e. The van der Waals surface area contributed by atoms with Gasteiger partial charge in [0.05, 0.1) is 26.0 Å². The van der Waals surface area contributed by atoms with Gasteiger partial charge in [-0.3, -0.25) is 4.79 Å². The van der Waals surface area contributed by atoms with Crippen molar-refractivity contribution >= 4 is 5.97 Å². The molecule has 3 rings (SSSR count). The summed E-state index contributed by atoms with van der Waals surface area (Å²) in [6.07, 6.45) is 3.29. The van der Waals surface area contributed by atoms with Crippen molar-refractivity contribution in [1.29, 1.82) is 0 Å². The Balaban J connectivity index is 2.19. The lowest BCUT2D eigenvalue weighted by Crippen LogP contribution is -2.26. The number of nitrogens with zero attached hydrogens (tertiary/aromatic N) is 1. The Bertz CT molecular complexity index is 916. The lowest BCUT2D eigenvalue weighted by molar-refractivity contribution is 0.0523. The highest BCUT2D eigenvalue weighted by atomic mass is 16.5. The van der Waals surface area contributed by atoms with Crippen LogP contribution in [0.1, 0.15) is 49.2 Å². The number of ether oxygens (including phenoxy) is 3. The second-order valence-electron chi connectivity index (χ2n) is 6.42. The fraction of sp³-hybridized carbons (Fsp3) is 0.429. The molecule has 1 aromatic heterocycles. The van der Waals surface area contributed by atoms with Crippen LogP contribution in [-0.4, -0.2) is 30.9 Å². The number of hydrogen-bond acceptors (Lipinski definition) is 5. The molecule has 1 aliphatic heterocycles. The molecule has 0 N–H and O–H groups in total. The number of benzene rings is 1. The van der Waals surface area contributed by atoms with Gasteiger partial charge < -0.3 is 18.8 Å². The fourth-order valence-corrected chi connectivity index (χ4v) is 3.56. The summed E-state index contributed by atoms with van der Waals surface area (Å²) in [6.45, 7) is 6.53. The minimum Gasteiger partial charge on any atom is -0.493 e. The Morgan fingerprint density at radius 2 is 1.93 bits per heavy atom. The lowest BCUT2D eigenvalue weighted by Gasteiger charge is -2.31. The molecule has 0 aliphatic carbocycles. The van der Waals surface area contributed by atoms with Gasteiger partial charge in [0.1, 0.15) is 5.56 Å². The number of rotatable bonds is 6. The minimum atomic E-state index is -0.581. The summed E-state index contributed by atoms with van der Waals surface area (Å²) in [7, 11) is 1.60. The maximum atomic E-state index is 12.6. The van der Waals surface area contributed by atoms with E-state index in [1.807, 2.05) is 23.6 Å². The maximum absolute atomic E-state index is 12.6. The second-order valence-corrected chi connectivity index (χ2v) is 6.42. The van der Waals surface area contributed by atoms with Gasteiger partial charge in [0, 0.05) is 23.9 Å². The van der Waals surface area contributed by atoms with Gasteiger partial charge in [-0.25, -0.2) is 4.79 Å². The Kier molecular flexibility index (Phi) is 5.54. The molecule has 0 bridgehead atoms. The van der Waals surface area contributed by atoms with E-state index in [2.05, 4.69) is 6.92 Å².